The summed E-state index contributed by atoms with van der Waals surface area (Å²) in [6.45, 7) is 8.77. The number of allylic oxidation sites excluding steroid dienone is 3. The SMILES string of the molecule is CC[C@H](C)C(=O)O[C@H]1C[C@@H](C)C=C2C=C[C@H](C)[C@H](CC[C@@H](O)C[C@H](CC(=O)NC)NCc3ccc(O)c(OC)c3)[C@H]21. The van der Waals surface area contributed by atoms with E-state index in [1.54, 1.807) is 25.2 Å². The van der Waals surface area contributed by atoms with Crippen molar-refractivity contribution in [3.63, 3.8) is 0 Å². The van der Waals surface area contributed by atoms with E-state index in [1.165, 1.54) is 12.7 Å². The molecule has 1 aromatic carbocycles. The molecular formula is C33H50N2O6. The molecule has 4 N–H and O–H groups in total. The number of fused-ring (bicyclic) bond motifs is 1. The lowest BCUT2D eigenvalue weighted by Crippen LogP contribution is -2.42. The second-order valence-corrected chi connectivity index (χ2v) is 12.0. The summed E-state index contributed by atoms with van der Waals surface area (Å²) in [4.78, 5) is 25.0. The van der Waals surface area contributed by atoms with E-state index in [1.807, 2.05) is 13.8 Å². The lowest BCUT2D eigenvalue weighted by Gasteiger charge is -2.43. The number of hydrogen-bond donors (Lipinski definition) is 4. The molecule has 0 bridgehead atoms. The minimum absolute atomic E-state index is 0.0719. The number of carbonyl (C=O) groups is 2. The molecule has 0 heterocycles. The maximum Gasteiger partial charge on any atom is 0.308 e. The van der Waals surface area contributed by atoms with Crippen molar-refractivity contribution < 1.29 is 29.3 Å². The Bertz CT molecular complexity index is 1090. The number of ether oxygens (including phenoxy) is 2. The smallest absolute Gasteiger partial charge is 0.308 e. The van der Waals surface area contributed by atoms with E-state index in [0.717, 1.165) is 24.8 Å². The van der Waals surface area contributed by atoms with Crippen LogP contribution in [0.15, 0.2) is 42.0 Å². The van der Waals surface area contributed by atoms with Gasteiger partial charge in [0.15, 0.2) is 11.5 Å². The van der Waals surface area contributed by atoms with Gasteiger partial charge < -0.3 is 30.3 Å². The molecule has 0 spiro atoms. The topological polar surface area (TPSA) is 117 Å². The Balaban J connectivity index is 1.66. The molecule has 0 radical (unpaired) electrons. The highest BCUT2D eigenvalue weighted by Gasteiger charge is 2.41. The minimum atomic E-state index is -0.597. The number of carbonyl (C=O) groups excluding carboxylic acids is 2. The average molecular weight is 571 g/mol. The molecule has 3 rings (SSSR count). The molecule has 0 fully saturated rings. The number of methoxy groups -OCH3 is 1. The lowest BCUT2D eigenvalue weighted by molar-refractivity contribution is -0.158. The third-order valence-corrected chi connectivity index (χ3v) is 8.82. The van der Waals surface area contributed by atoms with Gasteiger partial charge in [-0.1, -0.05) is 52.0 Å². The highest BCUT2D eigenvalue weighted by molar-refractivity contribution is 5.76. The second-order valence-electron chi connectivity index (χ2n) is 12.0. The summed E-state index contributed by atoms with van der Waals surface area (Å²) >= 11 is 0. The number of esters is 1. The van der Waals surface area contributed by atoms with Gasteiger partial charge in [0.05, 0.1) is 19.1 Å². The molecule has 0 saturated heterocycles. The molecule has 0 aromatic heterocycles. The molecule has 0 unspecified atom stereocenters. The number of phenolic OH excluding ortho intramolecular Hbond substituents is 1. The number of aromatic hydroxyl groups is 1. The van der Waals surface area contributed by atoms with E-state index in [9.17, 15) is 19.8 Å². The lowest BCUT2D eigenvalue weighted by atomic mass is 9.65. The number of rotatable bonds is 14. The predicted octanol–water partition coefficient (Wildman–Crippen LogP) is 4.89. The number of aliphatic hydroxyl groups is 1. The highest BCUT2D eigenvalue weighted by Crippen LogP contribution is 2.45. The normalized spacial score (nSPS) is 25.8. The summed E-state index contributed by atoms with van der Waals surface area (Å²) < 4.78 is 11.3. The van der Waals surface area contributed by atoms with Crippen LogP contribution in [-0.4, -0.2) is 54.5 Å². The number of phenols is 1. The van der Waals surface area contributed by atoms with Gasteiger partial charge in [-0.2, -0.15) is 0 Å². The quantitative estimate of drug-likeness (QED) is 0.235. The first-order chi connectivity index (χ1) is 19.6. The molecule has 8 heteroatoms. The van der Waals surface area contributed by atoms with Crippen molar-refractivity contribution in [1.82, 2.24) is 10.6 Å². The fourth-order valence-electron chi connectivity index (χ4n) is 6.14. The molecule has 2 aliphatic rings. The van der Waals surface area contributed by atoms with E-state index in [-0.39, 0.29) is 53.9 Å². The van der Waals surface area contributed by atoms with Crippen LogP contribution >= 0.6 is 0 Å². The van der Waals surface area contributed by atoms with Crippen LogP contribution in [0.1, 0.15) is 71.8 Å². The molecule has 228 valence electrons. The number of benzene rings is 1. The number of amides is 1. The van der Waals surface area contributed by atoms with Crippen molar-refractivity contribution in [1.29, 1.82) is 0 Å². The van der Waals surface area contributed by atoms with Gasteiger partial charge in [-0.05, 0) is 73.1 Å². The van der Waals surface area contributed by atoms with E-state index in [0.29, 0.717) is 37.0 Å². The Morgan fingerprint density at radius 3 is 2.66 bits per heavy atom. The van der Waals surface area contributed by atoms with Crippen molar-refractivity contribution in [2.75, 3.05) is 14.2 Å². The van der Waals surface area contributed by atoms with Crippen molar-refractivity contribution in [2.24, 2.45) is 29.6 Å². The first-order valence-electron chi connectivity index (χ1n) is 15.1. The van der Waals surface area contributed by atoms with Gasteiger partial charge in [-0.15, -0.1) is 0 Å². The van der Waals surface area contributed by atoms with Gasteiger partial charge in [0, 0.05) is 32.0 Å². The van der Waals surface area contributed by atoms with E-state index < -0.39 is 6.10 Å². The Hall–Kier alpha value is -2.84. The molecule has 0 saturated carbocycles. The zero-order chi connectivity index (χ0) is 30.1. The Morgan fingerprint density at radius 2 is 1.98 bits per heavy atom. The molecule has 0 aliphatic heterocycles. The summed E-state index contributed by atoms with van der Waals surface area (Å²) in [5, 5.41) is 27.1. The largest absolute Gasteiger partial charge is 0.504 e. The van der Waals surface area contributed by atoms with Crippen LogP contribution in [0.5, 0.6) is 11.5 Å². The molecule has 1 aromatic rings. The molecule has 8 atom stereocenters. The minimum Gasteiger partial charge on any atom is -0.504 e. The molecular weight excluding hydrogens is 520 g/mol. The highest BCUT2D eigenvalue weighted by atomic mass is 16.5. The van der Waals surface area contributed by atoms with Crippen LogP contribution in [0.25, 0.3) is 0 Å². The van der Waals surface area contributed by atoms with E-state index in [4.69, 9.17) is 9.47 Å². The van der Waals surface area contributed by atoms with Crippen molar-refractivity contribution >= 4 is 11.9 Å². The van der Waals surface area contributed by atoms with Crippen LogP contribution in [0, 0.1) is 29.6 Å². The molecule has 2 aliphatic carbocycles. The molecule has 1 amide bonds. The third-order valence-electron chi connectivity index (χ3n) is 8.82. The third kappa shape index (κ3) is 9.07. The zero-order valence-corrected chi connectivity index (χ0v) is 25.6. The summed E-state index contributed by atoms with van der Waals surface area (Å²) in [5.41, 5.74) is 2.15. The predicted molar refractivity (Wildman–Crippen MR) is 160 cm³/mol. The molecule has 8 nitrogen and oxygen atoms in total. The van der Waals surface area contributed by atoms with E-state index in [2.05, 4.69) is 42.7 Å². The summed E-state index contributed by atoms with van der Waals surface area (Å²) in [5.74, 6) is 1.13. The number of nitrogens with one attached hydrogen (secondary N) is 2. The first-order valence-corrected chi connectivity index (χ1v) is 15.1. The van der Waals surface area contributed by atoms with Gasteiger partial charge in [0.25, 0.3) is 0 Å². The van der Waals surface area contributed by atoms with Gasteiger partial charge in [-0.25, -0.2) is 0 Å². The van der Waals surface area contributed by atoms with Crippen molar-refractivity contribution in [2.45, 2.75) is 91.0 Å². The van der Waals surface area contributed by atoms with Crippen LogP contribution in [0.3, 0.4) is 0 Å². The number of aliphatic hydroxyl groups excluding tert-OH is 1. The maximum atomic E-state index is 12.8. The van der Waals surface area contributed by atoms with Gasteiger partial charge in [0.2, 0.25) is 5.91 Å². The molecule has 41 heavy (non-hydrogen) atoms. The monoisotopic (exact) mass is 570 g/mol. The van der Waals surface area contributed by atoms with E-state index >= 15 is 0 Å². The second kappa shape index (κ2) is 15.4. The maximum absolute atomic E-state index is 12.8. The Kier molecular flexibility index (Phi) is 12.3. The Morgan fingerprint density at radius 1 is 1.22 bits per heavy atom. The summed E-state index contributed by atoms with van der Waals surface area (Å²) in [6.07, 6.45) is 9.62. The van der Waals surface area contributed by atoms with Crippen LogP contribution in [0.2, 0.25) is 0 Å². The average Bonchev–Trinajstić information content (AvgIpc) is 2.95. The fraction of sp³-hybridized carbons (Fsp3) is 0.636. The zero-order valence-electron chi connectivity index (χ0n) is 25.6. The van der Waals surface area contributed by atoms with Gasteiger partial charge in [0.1, 0.15) is 6.10 Å². The van der Waals surface area contributed by atoms with Crippen LogP contribution in [0.4, 0.5) is 0 Å². The Labute approximate surface area is 245 Å². The van der Waals surface area contributed by atoms with Crippen LogP contribution in [-0.2, 0) is 20.9 Å². The standard InChI is InChI=1S/C33H50N2O6/c1-7-21(3)33(39)41-30-15-20(2)14-24-10-8-22(4)27(32(24)30)12-11-26(36)17-25(18-31(38)34-5)35-19-23-9-13-28(37)29(16-23)40-6/h8-10,13-14,16,20-22,25-27,30,32,35-37H,7,11-12,15,17-19H2,1-6H3,(H,34,38)/t20-,21-,22-,25+,26+,27-,30-,32-/m0/s1. The first kappa shape index (κ1) is 32.7. The summed E-state index contributed by atoms with van der Waals surface area (Å²) in [7, 11) is 3.11. The van der Waals surface area contributed by atoms with Crippen molar-refractivity contribution in [3.05, 3.63) is 47.6 Å². The van der Waals surface area contributed by atoms with Gasteiger partial charge in [-0.3, -0.25) is 9.59 Å². The van der Waals surface area contributed by atoms with Crippen molar-refractivity contribution in [3.8, 4) is 11.5 Å². The fourth-order valence-corrected chi connectivity index (χ4v) is 6.14. The summed E-state index contributed by atoms with van der Waals surface area (Å²) in [6, 6.07) is 4.91. The number of hydrogen-bond acceptors (Lipinski definition) is 7. The van der Waals surface area contributed by atoms with Crippen LogP contribution < -0.4 is 15.4 Å². The van der Waals surface area contributed by atoms with Gasteiger partial charge >= 0.3 is 5.97 Å².